The fourth-order valence-electron chi connectivity index (χ4n) is 5.73. The Balaban J connectivity index is 0.00000290. The maximum atomic E-state index is 13.3. The number of allylic oxidation sites excluding steroid dienone is 2. The number of rotatable bonds is 8. The van der Waals surface area contributed by atoms with E-state index in [-0.39, 0.29) is 117 Å². The second-order valence-electron chi connectivity index (χ2n) is 12.1. The van der Waals surface area contributed by atoms with E-state index in [1.807, 2.05) is 0 Å². The standard InChI is InChI=1S/C34H28N6O11S3.3Na/c1-16-9-18(4-7-26(16)37-39-31-28(53(46,47)48)12-20-3-6-22(35)14-24(20)33(31)41)19-5-8-27(17(2)10-19)38-40-32-29(54(49,50)51)13-21-11-23(52(43,44)45)15-25(36)30(21)34(32)42;;;/h3-15,37-38H,35-36H2,1-2H3,(H,43,44,45)(H,46,47,48)(H,49,50,51);;;/q;3*+1/p-3. The average Bonchev–Trinajstić information content (AvgIpc) is 3.07. The van der Waals surface area contributed by atoms with Gasteiger partial charge in [-0.15, -0.1) is 0 Å². The number of carbonyl (C=O) groups is 2. The van der Waals surface area contributed by atoms with Gasteiger partial charge in [-0.2, -0.15) is 10.2 Å². The number of nitrogen functional groups attached to an aromatic ring is 2. The molecule has 0 bridgehead atoms. The fourth-order valence-corrected chi connectivity index (χ4v) is 7.56. The van der Waals surface area contributed by atoms with Crippen LogP contribution in [0.3, 0.4) is 0 Å². The van der Waals surface area contributed by atoms with Gasteiger partial charge in [0.25, 0.3) is 0 Å². The fraction of sp³-hybridized carbons (Fsp3) is 0.0588. The summed E-state index contributed by atoms with van der Waals surface area (Å²) in [5, 5.41) is 7.90. The summed E-state index contributed by atoms with van der Waals surface area (Å²) in [4.78, 5) is 23.8. The zero-order valence-corrected chi connectivity index (χ0v) is 39.2. The number of Topliss-reactive ketones (excluding diaryl/α,β-unsaturated/α-hetero) is 2. The van der Waals surface area contributed by atoms with Gasteiger partial charge < -0.3 is 25.1 Å². The van der Waals surface area contributed by atoms with Crippen molar-refractivity contribution in [1.82, 2.24) is 0 Å². The molecule has 0 saturated heterocycles. The van der Waals surface area contributed by atoms with Crippen LogP contribution in [0, 0.1) is 13.8 Å². The van der Waals surface area contributed by atoms with Crippen LogP contribution < -0.4 is 111 Å². The maximum absolute atomic E-state index is 13.3. The van der Waals surface area contributed by atoms with Crippen molar-refractivity contribution < 1.29 is 137 Å². The van der Waals surface area contributed by atoms with Crippen molar-refractivity contribution in [3.8, 4) is 11.1 Å². The van der Waals surface area contributed by atoms with E-state index in [9.17, 15) is 48.5 Å². The van der Waals surface area contributed by atoms with Gasteiger partial charge in [0.05, 0.1) is 31.6 Å². The van der Waals surface area contributed by atoms with Crippen molar-refractivity contribution in [2.24, 2.45) is 10.2 Å². The van der Waals surface area contributed by atoms with Crippen LogP contribution in [0.4, 0.5) is 22.7 Å². The van der Waals surface area contributed by atoms with Gasteiger partial charge >= 0.3 is 88.7 Å². The number of carbonyl (C=O) groups excluding carboxylic acids is 2. The number of nitrogens with one attached hydrogen (secondary N) is 2. The molecule has 0 unspecified atom stereocenters. The van der Waals surface area contributed by atoms with Gasteiger partial charge in [0.1, 0.15) is 41.8 Å². The molecule has 4 aromatic carbocycles. The van der Waals surface area contributed by atoms with Crippen LogP contribution in [0.15, 0.2) is 91.6 Å². The molecule has 278 valence electrons. The summed E-state index contributed by atoms with van der Waals surface area (Å²) in [6, 6.07) is 15.8. The molecule has 23 heteroatoms. The molecule has 4 aromatic rings. The van der Waals surface area contributed by atoms with Gasteiger partial charge in [-0.25, -0.2) is 25.3 Å². The quantitative estimate of drug-likeness (QED) is 0.0555. The Labute approximate surface area is 393 Å². The smallest absolute Gasteiger partial charge is 0.744 e. The van der Waals surface area contributed by atoms with Crippen molar-refractivity contribution >= 4 is 88.2 Å². The molecule has 2 aliphatic rings. The summed E-state index contributed by atoms with van der Waals surface area (Å²) >= 11 is 0. The number of hydrogen-bond acceptors (Lipinski definition) is 17. The third kappa shape index (κ3) is 10.2. The number of hydrazone groups is 2. The van der Waals surface area contributed by atoms with Crippen LogP contribution >= 0.6 is 0 Å². The van der Waals surface area contributed by atoms with E-state index in [0.29, 0.717) is 33.6 Å². The van der Waals surface area contributed by atoms with E-state index in [0.717, 1.165) is 24.3 Å². The normalized spacial score (nSPS) is 15.2. The van der Waals surface area contributed by atoms with Crippen molar-refractivity contribution in [3.63, 3.8) is 0 Å². The van der Waals surface area contributed by atoms with Crippen LogP contribution in [0.1, 0.15) is 43.0 Å². The molecule has 0 amide bonds. The first-order chi connectivity index (χ1) is 25.1. The number of anilines is 4. The minimum atomic E-state index is -5.34. The second-order valence-corrected chi connectivity index (χ2v) is 16.1. The Bertz CT molecular complexity index is 2840. The molecule has 0 aromatic heterocycles. The molecule has 0 heterocycles. The van der Waals surface area contributed by atoms with Gasteiger partial charge in [0.15, 0.2) is 0 Å². The number of nitrogens with two attached hydrogens (primary N) is 2. The molecule has 0 atom stereocenters. The van der Waals surface area contributed by atoms with Crippen LogP contribution in [0.25, 0.3) is 23.3 Å². The Hall–Kier alpha value is -3.03. The first kappa shape index (κ1) is 48.3. The largest absolute Gasteiger partial charge is 1.00 e. The molecule has 0 saturated carbocycles. The Kier molecular flexibility index (Phi) is 15.3. The Morgan fingerprint density at radius 2 is 1.05 bits per heavy atom. The number of ketones is 2. The monoisotopic (exact) mass is 858 g/mol. The average molecular weight is 859 g/mol. The van der Waals surface area contributed by atoms with Crippen molar-refractivity contribution in [1.29, 1.82) is 0 Å². The zero-order valence-electron chi connectivity index (χ0n) is 30.8. The molecule has 6 rings (SSSR count). The van der Waals surface area contributed by atoms with E-state index in [4.69, 9.17) is 11.5 Å². The Morgan fingerprint density at radius 3 is 1.51 bits per heavy atom. The number of aryl methyl sites for hydroxylation is 2. The molecule has 17 nitrogen and oxygen atoms in total. The van der Waals surface area contributed by atoms with E-state index in [2.05, 4.69) is 21.1 Å². The first-order valence-corrected chi connectivity index (χ1v) is 19.5. The van der Waals surface area contributed by atoms with Gasteiger partial charge in [0.2, 0.25) is 11.6 Å². The van der Waals surface area contributed by atoms with E-state index < -0.39 is 73.7 Å². The van der Waals surface area contributed by atoms with E-state index in [1.165, 1.54) is 18.2 Å². The van der Waals surface area contributed by atoms with Crippen LogP contribution in [0.5, 0.6) is 0 Å². The number of hydrogen-bond donors (Lipinski definition) is 4. The maximum Gasteiger partial charge on any atom is 1.00 e. The summed E-state index contributed by atoms with van der Waals surface area (Å²) < 4.78 is 107. The molecule has 0 spiro atoms. The molecular formula is C34H25N6Na3O11S3. The summed E-state index contributed by atoms with van der Waals surface area (Å²) in [6.07, 6.45) is 1.78. The molecule has 6 N–H and O–H groups in total. The van der Waals surface area contributed by atoms with Gasteiger partial charge in [-0.3, -0.25) is 20.4 Å². The van der Waals surface area contributed by atoms with Crippen molar-refractivity contribution in [2.75, 3.05) is 22.3 Å². The first-order valence-electron chi connectivity index (χ1n) is 15.3. The predicted molar refractivity (Wildman–Crippen MR) is 197 cm³/mol. The predicted octanol–water partition coefficient (Wildman–Crippen LogP) is -5.85. The van der Waals surface area contributed by atoms with Crippen LogP contribution in [-0.4, -0.2) is 61.9 Å². The van der Waals surface area contributed by atoms with Crippen molar-refractivity contribution in [3.05, 3.63) is 110 Å². The molecule has 0 fully saturated rings. The molecular weight excluding hydrogens is 834 g/mol. The summed E-state index contributed by atoms with van der Waals surface area (Å²) in [6.45, 7) is 3.39. The molecule has 57 heavy (non-hydrogen) atoms. The minimum absolute atomic E-state index is 0. The Morgan fingerprint density at radius 1 is 0.579 bits per heavy atom. The number of nitrogens with zero attached hydrogens (tertiary/aromatic N) is 2. The van der Waals surface area contributed by atoms with E-state index >= 15 is 0 Å². The summed E-state index contributed by atoms with van der Waals surface area (Å²) in [5.41, 5.74) is 18.1. The van der Waals surface area contributed by atoms with Gasteiger partial charge in [0, 0.05) is 16.9 Å². The second kappa shape index (κ2) is 18.1. The molecule has 2 aliphatic carbocycles. The van der Waals surface area contributed by atoms with Gasteiger partial charge in [-0.05, 0) is 108 Å². The van der Waals surface area contributed by atoms with Crippen LogP contribution in [0.2, 0.25) is 0 Å². The van der Waals surface area contributed by atoms with Crippen LogP contribution in [-0.2, 0) is 30.4 Å². The number of fused-ring (bicyclic) bond motifs is 2. The molecule has 0 radical (unpaired) electrons. The van der Waals surface area contributed by atoms with Gasteiger partial charge in [-0.1, -0.05) is 18.2 Å². The molecule has 0 aliphatic heterocycles. The van der Waals surface area contributed by atoms with E-state index in [1.54, 1.807) is 50.2 Å². The topological polar surface area (TPSA) is 307 Å². The third-order valence-corrected chi connectivity index (χ3v) is 10.9. The minimum Gasteiger partial charge on any atom is -0.744 e. The van der Waals surface area contributed by atoms with Crippen molar-refractivity contribution in [2.45, 2.75) is 18.7 Å². The number of benzene rings is 4. The zero-order chi connectivity index (χ0) is 39.5. The summed E-state index contributed by atoms with van der Waals surface area (Å²) in [5.74, 6) is -1.91. The third-order valence-electron chi connectivity index (χ3n) is 8.38. The summed E-state index contributed by atoms with van der Waals surface area (Å²) in [7, 11) is -15.5. The SMILES string of the molecule is Cc1cc(-c2ccc(NN=C3C(=O)c4c(N)cc(S(=O)(=O)[O-])cc4C=C3S(=O)(=O)[O-])c(C)c2)ccc1NN=C1C(=O)c2cc(N)ccc2C=C1S(=O)(=O)[O-].[Na+].[Na+].[Na+].